The van der Waals surface area contributed by atoms with E-state index < -0.39 is 31.1 Å². The van der Waals surface area contributed by atoms with E-state index in [4.69, 9.17) is 4.42 Å². The third-order valence-corrected chi connectivity index (χ3v) is 5.63. The lowest BCUT2D eigenvalue weighted by molar-refractivity contribution is 0.327. The van der Waals surface area contributed by atoms with E-state index in [2.05, 4.69) is 14.9 Å². The maximum Gasteiger partial charge on any atom is 0.335 e. The van der Waals surface area contributed by atoms with Crippen LogP contribution in [-0.4, -0.2) is 39.0 Å². The smallest absolute Gasteiger partial charge is 0.335 e. The molecule has 10 heteroatoms. The number of sulfone groups is 1. The highest BCUT2D eigenvalue weighted by Crippen LogP contribution is 2.23. The van der Waals surface area contributed by atoms with E-state index in [9.17, 15) is 16.8 Å². The second kappa shape index (κ2) is 7.63. The molecule has 0 amide bonds. The maximum atomic E-state index is 12.4. The highest BCUT2D eigenvalue weighted by Gasteiger charge is 2.28. The SMILES string of the molecule is CC(C)[C@H](NS(=O)(=O)CCc1ccccc1)c1nnc(S(C)(=O)=O)o1. The highest BCUT2D eigenvalue weighted by molar-refractivity contribution is 7.90. The summed E-state index contributed by atoms with van der Waals surface area (Å²) >= 11 is 0. The van der Waals surface area contributed by atoms with Gasteiger partial charge in [0.15, 0.2) is 0 Å². The number of rotatable bonds is 8. The fraction of sp³-hybridized carbons (Fsp3) is 0.467. The second-order valence-corrected chi connectivity index (χ2v) is 9.84. The van der Waals surface area contributed by atoms with E-state index >= 15 is 0 Å². The minimum atomic E-state index is -3.65. The average molecular weight is 387 g/mol. The Hall–Kier alpha value is -1.78. The topological polar surface area (TPSA) is 119 Å². The van der Waals surface area contributed by atoms with Crippen LogP contribution in [0.25, 0.3) is 0 Å². The van der Waals surface area contributed by atoms with Crippen LogP contribution in [0.15, 0.2) is 40.0 Å². The largest absolute Gasteiger partial charge is 0.411 e. The van der Waals surface area contributed by atoms with Gasteiger partial charge in [-0.1, -0.05) is 49.3 Å². The summed E-state index contributed by atoms with van der Waals surface area (Å²) in [5, 5.41) is 6.63. The number of nitrogens with zero attached hydrogens (tertiary/aromatic N) is 2. The van der Waals surface area contributed by atoms with Crippen molar-refractivity contribution in [3.63, 3.8) is 0 Å². The van der Waals surface area contributed by atoms with Gasteiger partial charge in [-0.05, 0) is 17.9 Å². The Morgan fingerprint density at radius 1 is 1.08 bits per heavy atom. The van der Waals surface area contributed by atoms with Crippen LogP contribution in [0.1, 0.15) is 31.3 Å². The minimum Gasteiger partial charge on any atom is -0.411 e. The third-order valence-electron chi connectivity index (χ3n) is 3.48. The first-order valence-electron chi connectivity index (χ1n) is 7.66. The van der Waals surface area contributed by atoms with Gasteiger partial charge in [-0.2, -0.15) is 0 Å². The summed E-state index contributed by atoms with van der Waals surface area (Å²) in [6, 6.07) is 8.45. The molecular formula is C15H21N3O5S2. The number of benzene rings is 1. The molecule has 0 bridgehead atoms. The van der Waals surface area contributed by atoms with Gasteiger partial charge >= 0.3 is 5.22 Å². The predicted octanol–water partition coefficient (Wildman–Crippen LogP) is 1.33. The van der Waals surface area contributed by atoms with Crippen LogP contribution in [0.5, 0.6) is 0 Å². The zero-order valence-electron chi connectivity index (χ0n) is 14.2. The quantitative estimate of drug-likeness (QED) is 0.725. The zero-order valence-corrected chi connectivity index (χ0v) is 15.8. The monoisotopic (exact) mass is 387 g/mol. The first kappa shape index (κ1) is 19.5. The lowest BCUT2D eigenvalue weighted by Gasteiger charge is -2.18. The number of hydrogen-bond acceptors (Lipinski definition) is 7. The zero-order chi connectivity index (χ0) is 18.7. The number of aromatic nitrogens is 2. The molecule has 1 aromatic heterocycles. The van der Waals surface area contributed by atoms with Gasteiger partial charge in [-0.3, -0.25) is 0 Å². The van der Waals surface area contributed by atoms with E-state index in [1.165, 1.54) is 0 Å². The van der Waals surface area contributed by atoms with E-state index in [1.54, 1.807) is 13.8 Å². The van der Waals surface area contributed by atoms with E-state index in [0.717, 1.165) is 11.8 Å². The number of hydrogen-bond donors (Lipinski definition) is 1. The molecule has 0 aliphatic rings. The fourth-order valence-corrected chi connectivity index (χ4v) is 3.92. The molecule has 0 spiro atoms. The number of sulfonamides is 1. The van der Waals surface area contributed by atoms with Gasteiger partial charge in [-0.15, -0.1) is 5.10 Å². The van der Waals surface area contributed by atoms with Crippen molar-refractivity contribution in [1.82, 2.24) is 14.9 Å². The van der Waals surface area contributed by atoms with Crippen LogP contribution in [0, 0.1) is 5.92 Å². The van der Waals surface area contributed by atoms with Crippen LogP contribution in [0.2, 0.25) is 0 Å². The summed E-state index contributed by atoms with van der Waals surface area (Å²) in [4.78, 5) is 0. The van der Waals surface area contributed by atoms with Crippen LogP contribution in [0.4, 0.5) is 0 Å². The lowest BCUT2D eigenvalue weighted by Crippen LogP contribution is -2.34. The van der Waals surface area contributed by atoms with E-state index in [0.29, 0.717) is 6.42 Å². The van der Waals surface area contributed by atoms with Crippen molar-refractivity contribution in [1.29, 1.82) is 0 Å². The van der Waals surface area contributed by atoms with Gasteiger partial charge in [0.05, 0.1) is 5.75 Å². The normalized spacial score (nSPS) is 13.9. The molecular weight excluding hydrogens is 366 g/mol. The van der Waals surface area contributed by atoms with Gasteiger partial charge in [-0.25, -0.2) is 21.6 Å². The minimum absolute atomic E-state index is 0.0706. The second-order valence-electron chi connectivity index (χ2n) is 6.07. The molecule has 1 aromatic carbocycles. The van der Waals surface area contributed by atoms with E-state index in [-0.39, 0.29) is 17.6 Å². The van der Waals surface area contributed by atoms with Crippen LogP contribution in [0.3, 0.4) is 0 Å². The van der Waals surface area contributed by atoms with Gasteiger partial charge < -0.3 is 4.42 Å². The van der Waals surface area contributed by atoms with Gasteiger partial charge in [0.2, 0.25) is 25.8 Å². The Kier molecular flexibility index (Phi) is 5.96. The van der Waals surface area contributed by atoms with Crippen molar-refractivity contribution in [2.24, 2.45) is 5.92 Å². The maximum absolute atomic E-state index is 12.4. The van der Waals surface area contributed by atoms with Crippen molar-refractivity contribution in [3.05, 3.63) is 41.8 Å². The molecule has 0 fully saturated rings. The van der Waals surface area contributed by atoms with E-state index in [1.807, 2.05) is 30.3 Å². The lowest BCUT2D eigenvalue weighted by atomic mass is 10.1. The molecule has 25 heavy (non-hydrogen) atoms. The number of aryl methyl sites for hydroxylation is 1. The van der Waals surface area contributed by atoms with Crippen molar-refractivity contribution < 1.29 is 21.3 Å². The molecule has 0 aliphatic carbocycles. The molecule has 138 valence electrons. The van der Waals surface area contributed by atoms with Crippen LogP contribution < -0.4 is 4.72 Å². The van der Waals surface area contributed by atoms with Gasteiger partial charge in [0, 0.05) is 6.26 Å². The molecule has 1 atom stereocenters. The summed E-state index contributed by atoms with van der Waals surface area (Å²) < 4.78 is 55.3. The van der Waals surface area contributed by atoms with Gasteiger partial charge in [0.1, 0.15) is 6.04 Å². The summed E-state index contributed by atoms with van der Waals surface area (Å²) in [7, 11) is -7.27. The number of nitrogens with one attached hydrogen (secondary N) is 1. The molecule has 0 saturated heterocycles. The molecule has 1 N–H and O–H groups in total. The summed E-state index contributed by atoms with van der Waals surface area (Å²) in [5.41, 5.74) is 0.908. The van der Waals surface area contributed by atoms with Crippen molar-refractivity contribution in [2.45, 2.75) is 31.5 Å². The molecule has 0 unspecified atom stereocenters. The third kappa shape index (κ3) is 5.62. The Balaban J connectivity index is 2.14. The summed E-state index contributed by atoms with van der Waals surface area (Å²) in [6.07, 6.45) is 1.30. The fourth-order valence-electron chi connectivity index (χ4n) is 2.12. The highest BCUT2D eigenvalue weighted by atomic mass is 32.2. The molecule has 0 saturated carbocycles. The summed E-state index contributed by atoms with van der Waals surface area (Å²) in [6.45, 7) is 3.55. The van der Waals surface area contributed by atoms with Crippen LogP contribution in [-0.2, 0) is 26.3 Å². The first-order chi connectivity index (χ1) is 11.6. The Morgan fingerprint density at radius 2 is 1.72 bits per heavy atom. The molecule has 8 nitrogen and oxygen atoms in total. The van der Waals surface area contributed by atoms with Gasteiger partial charge in [0.25, 0.3) is 0 Å². The Morgan fingerprint density at radius 3 is 2.24 bits per heavy atom. The standard InChI is InChI=1S/C15H21N3O5S2/c1-11(2)13(14-16-17-15(23-14)24(3,19)20)18-25(21,22)10-9-12-7-5-4-6-8-12/h4-8,11,13,18H,9-10H2,1-3H3/t13-/m0/s1. The predicted molar refractivity (Wildman–Crippen MR) is 92.1 cm³/mol. The molecule has 1 heterocycles. The molecule has 2 aromatic rings. The Labute approximate surface area is 147 Å². The summed E-state index contributed by atoms with van der Waals surface area (Å²) in [5.74, 6) is -0.383. The molecule has 0 radical (unpaired) electrons. The molecule has 2 rings (SSSR count). The van der Waals surface area contributed by atoms with Crippen molar-refractivity contribution >= 4 is 19.9 Å². The van der Waals surface area contributed by atoms with Crippen LogP contribution >= 0.6 is 0 Å². The average Bonchev–Trinajstić information content (AvgIpc) is 3.01. The molecule has 0 aliphatic heterocycles. The Bertz CT molecular complexity index is 906. The van der Waals surface area contributed by atoms with Crippen molar-refractivity contribution in [3.8, 4) is 0 Å². The first-order valence-corrected chi connectivity index (χ1v) is 11.2. The van der Waals surface area contributed by atoms with Crippen molar-refractivity contribution in [2.75, 3.05) is 12.0 Å².